The van der Waals surface area contributed by atoms with Crippen LogP contribution in [0, 0.1) is 11.8 Å². The Morgan fingerprint density at radius 3 is 2.40 bits per heavy atom. The van der Waals surface area contributed by atoms with E-state index in [1.807, 2.05) is 0 Å². The van der Waals surface area contributed by atoms with E-state index in [9.17, 15) is 0 Å². The third-order valence-corrected chi connectivity index (χ3v) is 4.53. The molecular weight excluding hydrogens is 248 g/mol. The Bertz CT molecular complexity index is 300. The van der Waals surface area contributed by atoms with Gasteiger partial charge in [-0.3, -0.25) is 4.99 Å². The van der Waals surface area contributed by atoms with Crippen LogP contribution >= 0.6 is 0 Å². The lowest BCUT2D eigenvalue weighted by atomic mass is 9.92. The number of nitrogens with zero attached hydrogens (tertiary/aromatic N) is 3. The number of rotatable bonds is 4. The van der Waals surface area contributed by atoms with E-state index < -0.39 is 0 Å². The molecule has 0 radical (unpaired) electrons. The number of piperidine rings is 2. The van der Waals surface area contributed by atoms with Crippen LogP contribution in [-0.4, -0.2) is 55.0 Å². The molecule has 2 unspecified atom stereocenters. The molecule has 4 nitrogen and oxygen atoms in total. The summed E-state index contributed by atoms with van der Waals surface area (Å²) in [5, 5.41) is 0. The Hall–Kier alpha value is -0.770. The smallest absolute Gasteiger partial charge is 0.191 e. The molecule has 2 heterocycles. The van der Waals surface area contributed by atoms with Crippen LogP contribution in [0.1, 0.15) is 46.0 Å². The fraction of sp³-hybridized carbons (Fsp3) is 0.938. The molecule has 2 rings (SSSR count). The van der Waals surface area contributed by atoms with Crippen molar-refractivity contribution in [3.8, 4) is 0 Å². The monoisotopic (exact) mass is 280 g/mol. The van der Waals surface area contributed by atoms with Crippen molar-refractivity contribution in [2.75, 3.05) is 39.3 Å². The lowest BCUT2D eigenvalue weighted by Crippen LogP contribution is -2.41. The van der Waals surface area contributed by atoms with Gasteiger partial charge in [0.2, 0.25) is 0 Å². The summed E-state index contributed by atoms with van der Waals surface area (Å²) in [5.74, 6) is 2.46. The Morgan fingerprint density at radius 2 is 1.75 bits per heavy atom. The maximum atomic E-state index is 6.07. The van der Waals surface area contributed by atoms with Gasteiger partial charge in [0, 0.05) is 32.7 Å². The van der Waals surface area contributed by atoms with Gasteiger partial charge in [-0.2, -0.15) is 0 Å². The summed E-state index contributed by atoms with van der Waals surface area (Å²) in [6.07, 6.45) is 6.39. The van der Waals surface area contributed by atoms with Gasteiger partial charge < -0.3 is 15.5 Å². The average Bonchev–Trinajstić information content (AvgIpc) is 2.43. The van der Waals surface area contributed by atoms with Crippen LogP contribution in [0.4, 0.5) is 0 Å². The zero-order chi connectivity index (χ0) is 14.4. The number of aliphatic imine (C=N–C) groups is 1. The molecule has 0 bridgehead atoms. The third-order valence-electron chi connectivity index (χ3n) is 4.53. The summed E-state index contributed by atoms with van der Waals surface area (Å²) >= 11 is 0. The minimum atomic E-state index is 0.769. The maximum absolute atomic E-state index is 6.07. The molecule has 0 spiro atoms. The van der Waals surface area contributed by atoms with Gasteiger partial charge in [0.1, 0.15) is 0 Å². The van der Waals surface area contributed by atoms with Gasteiger partial charge in [0.25, 0.3) is 0 Å². The van der Waals surface area contributed by atoms with Gasteiger partial charge in [0.15, 0.2) is 5.96 Å². The molecule has 2 atom stereocenters. The van der Waals surface area contributed by atoms with Gasteiger partial charge in [-0.15, -0.1) is 0 Å². The topological polar surface area (TPSA) is 44.9 Å². The predicted molar refractivity (Wildman–Crippen MR) is 85.9 cm³/mol. The molecule has 0 aromatic rings. The lowest BCUT2D eigenvalue weighted by Gasteiger charge is -2.34. The number of nitrogens with two attached hydrogens (primary N) is 1. The summed E-state index contributed by atoms with van der Waals surface area (Å²) in [5.41, 5.74) is 6.07. The summed E-state index contributed by atoms with van der Waals surface area (Å²) in [6, 6.07) is 0. The maximum Gasteiger partial charge on any atom is 0.191 e. The Kier molecular flexibility index (Phi) is 6.14. The zero-order valence-corrected chi connectivity index (χ0v) is 13.4. The first kappa shape index (κ1) is 15.6. The summed E-state index contributed by atoms with van der Waals surface area (Å²) in [6.45, 7) is 11.5. The largest absolute Gasteiger partial charge is 0.370 e. The fourth-order valence-electron chi connectivity index (χ4n) is 3.69. The molecule has 2 N–H and O–H groups in total. The van der Waals surface area contributed by atoms with Crippen LogP contribution in [0.3, 0.4) is 0 Å². The van der Waals surface area contributed by atoms with Gasteiger partial charge in [-0.25, -0.2) is 0 Å². The first-order valence-corrected chi connectivity index (χ1v) is 8.42. The second-order valence-corrected chi connectivity index (χ2v) is 6.85. The van der Waals surface area contributed by atoms with Crippen molar-refractivity contribution in [2.24, 2.45) is 22.6 Å². The SMILES string of the molecule is CC1CC(C)CN(CCCN=C(N)N2CCCCC2)C1. The van der Waals surface area contributed by atoms with E-state index >= 15 is 0 Å². The molecule has 0 aliphatic carbocycles. The van der Waals surface area contributed by atoms with E-state index in [1.165, 1.54) is 45.3 Å². The number of hydrogen-bond donors (Lipinski definition) is 1. The molecule has 2 fully saturated rings. The van der Waals surface area contributed by atoms with Crippen molar-refractivity contribution in [1.29, 1.82) is 0 Å². The zero-order valence-electron chi connectivity index (χ0n) is 13.4. The minimum Gasteiger partial charge on any atom is -0.370 e. The van der Waals surface area contributed by atoms with Crippen LogP contribution < -0.4 is 5.73 Å². The first-order valence-electron chi connectivity index (χ1n) is 8.42. The van der Waals surface area contributed by atoms with Gasteiger partial charge in [-0.1, -0.05) is 13.8 Å². The van der Waals surface area contributed by atoms with Crippen LogP contribution in [0.2, 0.25) is 0 Å². The quantitative estimate of drug-likeness (QED) is 0.487. The Morgan fingerprint density at radius 1 is 1.10 bits per heavy atom. The first-order chi connectivity index (χ1) is 9.65. The van der Waals surface area contributed by atoms with E-state index in [0.717, 1.165) is 43.9 Å². The highest BCUT2D eigenvalue weighted by atomic mass is 15.3. The molecule has 4 heteroatoms. The van der Waals surface area contributed by atoms with Crippen LogP contribution in [0.5, 0.6) is 0 Å². The summed E-state index contributed by atoms with van der Waals surface area (Å²) < 4.78 is 0. The van der Waals surface area contributed by atoms with Crippen molar-refractivity contribution >= 4 is 5.96 Å². The third kappa shape index (κ3) is 4.97. The molecule has 116 valence electrons. The average molecular weight is 280 g/mol. The van der Waals surface area contributed by atoms with E-state index in [2.05, 4.69) is 28.6 Å². The molecule has 2 saturated heterocycles. The van der Waals surface area contributed by atoms with Crippen LogP contribution in [0.25, 0.3) is 0 Å². The van der Waals surface area contributed by atoms with E-state index in [-0.39, 0.29) is 0 Å². The Labute approximate surface area is 124 Å². The van der Waals surface area contributed by atoms with Gasteiger partial charge in [-0.05, 0) is 50.5 Å². The van der Waals surface area contributed by atoms with Crippen LogP contribution in [-0.2, 0) is 0 Å². The minimum absolute atomic E-state index is 0.769. The second-order valence-electron chi connectivity index (χ2n) is 6.85. The fourth-order valence-corrected chi connectivity index (χ4v) is 3.69. The molecule has 20 heavy (non-hydrogen) atoms. The molecule has 0 aromatic heterocycles. The van der Waals surface area contributed by atoms with E-state index in [4.69, 9.17) is 5.73 Å². The molecule has 0 aromatic carbocycles. The van der Waals surface area contributed by atoms with Crippen LogP contribution in [0.15, 0.2) is 4.99 Å². The molecule has 0 amide bonds. The van der Waals surface area contributed by atoms with E-state index in [1.54, 1.807) is 0 Å². The summed E-state index contributed by atoms with van der Waals surface area (Å²) in [4.78, 5) is 9.41. The standard InChI is InChI=1S/C16H32N4/c1-14-11-15(2)13-19(12-14)8-6-7-18-16(17)20-9-4-3-5-10-20/h14-15H,3-13H2,1-2H3,(H2,17,18). The van der Waals surface area contributed by atoms with Gasteiger partial charge >= 0.3 is 0 Å². The van der Waals surface area contributed by atoms with Crippen molar-refractivity contribution in [1.82, 2.24) is 9.80 Å². The van der Waals surface area contributed by atoms with Crippen molar-refractivity contribution < 1.29 is 0 Å². The Balaban J connectivity index is 1.65. The lowest BCUT2D eigenvalue weighted by molar-refractivity contribution is 0.140. The predicted octanol–water partition coefficient (Wildman–Crippen LogP) is 2.16. The van der Waals surface area contributed by atoms with Crippen molar-refractivity contribution in [3.05, 3.63) is 0 Å². The van der Waals surface area contributed by atoms with Crippen molar-refractivity contribution in [3.63, 3.8) is 0 Å². The molecule has 0 saturated carbocycles. The highest BCUT2D eigenvalue weighted by Gasteiger charge is 2.21. The van der Waals surface area contributed by atoms with E-state index in [0.29, 0.717) is 0 Å². The number of likely N-dealkylation sites (tertiary alicyclic amines) is 2. The normalized spacial score (nSPS) is 29.7. The highest BCUT2D eigenvalue weighted by molar-refractivity contribution is 5.78. The highest BCUT2D eigenvalue weighted by Crippen LogP contribution is 2.20. The van der Waals surface area contributed by atoms with Crippen molar-refractivity contribution in [2.45, 2.75) is 46.0 Å². The number of hydrogen-bond acceptors (Lipinski definition) is 2. The second kappa shape index (κ2) is 7.87. The molecular formula is C16H32N4. The molecule has 2 aliphatic heterocycles. The molecule has 2 aliphatic rings. The summed E-state index contributed by atoms with van der Waals surface area (Å²) in [7, 11) is 0. The van der Waals surface area contributed by atoms with Gasteiger partial charge in [0.05, 0.1) is 0 Å². The number of guanidine groups is 1.